The molecule has 2 aliphatic rings. The number of aliphatic hydroxyl groups is 7. The third-order valence-electron chi connectivity index (χ3n) is 4.72. The van der Waals surface area contributed by atoms with Gasteiger partial charge < -0.3 is 60.4 Å². The Hall–Kier alpha value is -0.480. The highest BCUT2D eigenvalue weighted by Gasteiger charge is 2.46. The molecule has 0 amide bonds. The predicted octanol–water partition coefficient (Wildman–Crippen LogP) is -5.03. The summed E-state index contributed by atoms with van der Waals surface area (Å²) in [6.07, 6.45) is -14.2. The molecular formula is C15H29NO11. The zero-order chi connectivity index (χ0) is 20.3. The smallest absolute Gasteiger partial charge is 0.186 e. The summed E-state index contributed by atoms with van der Waals surface area (Å²) in [5.41, 5.74) is 5.43. The molecule has 0 aromatic carbocycles. The minimum absolute atomic E-state index is 0.0869. The molecule has 160 valence electrons. The van der Waals surface area contributed by atoms with Crippen LogP contribution in [0.15, 0.2) is 0 Å². The molecule has 0 aromatic rings. The van der Waals surface area contributed by atoms with E-state index in [1.165, 1.54) is 6.92 Å². The summed E-state index contributed by atoms with van der Waals surface area (Å²) in [4.78, 5) is 0. The molecule has 0 aromatic heterocycles. The zero-order valence-corrected chi connectivity index (χ0v) is 14.8. The van der Waals surface area contributed by atoms with Gasteiger partial charge in [0.05, 0.1) is 18.8 Å². The number of rotatable bonds is 7. The van der Waals surface area contributed by atoms with Gasteiger partial charge >= 0.3 is 0 Å². The minimum atomic E-state index is -1.64. The number of aliphatic hydroxyl groups excluding tert-OH is 7. The second-order valence-electron chi connectivity index (χ2n) is 6.68. The first-order valence-corrected chi connectivity index (χ1v) is 8.68. The molecule has 2 aliphatic heterocycles. The van der Waals surface area contributed by atoms with Crippen LogP contribution < -0.4 is 5.73 Å². The second kappa shape index (κ2) is 9.82. The first-order chi connectivity index (χ1) is 12.7. The Morgan fingerprint density at radius 2 is 1.59 bits per heavy atom. The quantitative estimate of drug-likeness (QED) is 0.189. The van der Waals surface area contributed by atoms with E-state index >= 15 is 0 Å². The van der Waals surface area contributed by atoms with Crippen LogP contribution in [0.3, 0.4) is 0 Å². The normalized spacial score (nSPS) is 47.0. The van der Waals surface area contributed by atoms with E-state index in [-0.39, 0.29) is 6.54 Å². The van der Waals surface area contributed by atoms with Crippen molar-refractivity contribution in [2.75, 3.05) is 19.8 Å². The van der Waals surface area contributed by atoms with E-state index in [1.807, 2.05) is 0 Å². The van der Waals surface area contributed by atoms with Crippen LogP contribution in [0.5, 0.6) is 0 Å². The fourth-order valence-electron chi connectivity index (χ4n) is 3.08. The highest BCUT2D eigenvalue weighted by Crippen LogP contribution is 2.25. The molecule has 0 bridgehead atoms. The maximum atomic E-state index is 10.1. The van der Waals surface area contributed by atoms with Crippen LogP contribution in [0.25, 0.3) is 0 Å². The number of hydrogen-bond donors (Lipinski definition) is 8. The molecule has 2 fully saturated rings. The number of hydrogen-bond acceptors (Lipinski definition) is 12. The van der Waals surface area contributed by atoms with E-state index in [9.17, 15) is 35.7 Å². The molecule has 27 heavy (non-hydrogen) atoms. The van der Waals surface area contributed by atoms with Gasteiger partial charge in [0.15, 0.2) is 12.6 Å². The SMILES string of the molecule is CC1OC(OC[C@@H](O)OC2C(O)C(O)[C@@H](CN)O[C@H]2CO)C(O)C(O)C1O. The molecule has 8 unspecified atom stereocenters. The van der Waals surface area contributed by atoms with Crippen molar-refractivity contribution in [2.45, 2.75) is 74.4 Å². The third kappa shape index (κ3) is 5.12. The van der Waals surface area contributed by atoms with Crippen molar-refractivity contribution in [1.29, 1.82) is 0 Å². The summed E-state index contributed by atoms with van der Waals surface area (Å²) in [5, 5.41) is 68.7. The molecule has 0 aliphatic carbocycles. The van der Waals surface area contributed by atoms with Crippen molar-refractivity contribution >= 4 is 0 Å². The van der Waals surface area contributed by atoms with Gasteiger partial charge in [0, 0.05) is 6.54 Å². The Morgan fingerprint density at radius 1 is 0.926 bits per heavy atom. The predicted molar refractivity (Wildman–Crippen MR) is 86.0 cm³/mol. The van der Waals surface area contributed by atoms with Gasteiger partial charge in [0.25, 0.3) is 0 Å². The lowest BCUT2D eigenvalue weighted by Gasteiger charge is -2.42. The minimum Gasteiger partial charge on any atom is -0.394 e. The molecule has 12 heteroatoms. The fourth-order valence-corrected chi connectivity index (χ4v) is 3.08. The van der Waals surface area contributed by atoms with Crippen molar-refractivity contribution in [1.82, 2.24) is 0 Å². The average molecular weight is 399 g/mol. The molecule has 2 rings (SSSR count). The Bertz CT molecular complexity index is 455. The Kier molecular flexibility index (Phi) is 8.30. The Morgan fingerprint density at radius 3 is 2.19 bits per heavy atom. The van der Waals surface area contributed by atoms with Crippen molar-refractivity contribution in [3.8, 4) is 0 Å². The molecule has 0 spiro atoms. The first-order valence-electron chi connectivity index (χ1n) is 8.68. The summed E-state index contributed by atoms with van der Waals surface area (Å²) in [5.74, 6) is 0. The van der Waals surface area contributed by atoms with Crippen LogP contribution in [-0.2, 0) is 18.9 Å². The van der Waals surface area contributed by atoms with E-state index in [0.717, 1.165) is 0 Å². The summed E-state index contributed by atoms with van der Waals surface area (Å²) in [6.45, 7) is 0.301. The van der Waals surface area contributed by atoms with E-state index in [0.29, 0.717) is 0 Å². The van der Waals surface area contributed by atoms with Gasteiger partial charge in [-0.2, -0.15) is 0 Å². The van der Waals surface area contributed by atoms with Crippen molar-refractivity contribution in [2.24, 2.45) is 5.73 Å². The van der Waals surface area contributed by atoms with Gasteiger partial charge in [-0.1, -0.05) is 0 Å². The summed E-state index contributed by atoms with van der Waals surface area (Å²) >= 11 is 0. The molecule has 0 saturated carbocycles. The van der Waals surface area contributed by atoms with Crippen LogP contribution in [0.2, 0.25) is 0 Å². The Balaban J connectivity index is 1.90. The van der Waals surface area contributed by atoms with E-state index in [2.05, 4.69) is 0 Å². The van der Waals surface area contributed by atoms with E-state index < -0.39 is 80.7 Å². The third-order valence-corrected chi connectivity index (χ3v) is 4.72. The maximum Gasteiger partial charge on any atom is 0.186 e. The summed E-state index contributed by atoms with van der Waals surface area (Å²) < 4.78 is 21.0. The van der Waals surface area contributed by atoms with Crippen molar-refractivity contribution in [3.05, 3.63) is 0 Å². The largest absolute Gasteiger partial charge is 0.394 e. The van der Waals surface area contributed by atoms with Gasteiger partial charge in [0.2, 0.25) is 0 Å². The van der Waals surface area contributed by atoms with Crippen LogP contribution in [-0.4, -0.2) is 123 Å². The van der Waals surface area contributed by atoms with Gasteiger partial charge in [-0.3, -0.25) is 0 Å². The Labute approximate surface area is 155 Å². The van der Waals surface area contributed by atoms with Crippen molar-refractivity contribution in [3.63, 3.8) is 0 Å². The standard InChI is InChI=1S/C15H29NO11/c1-5-9(19)11(21)13(23)15(25-5)24-4-8(18)27-14-7(3-17)26-6(2-16)10(20)12(14)22/h5-15,17-23H,2-4,16H2,1H3/t5?,6-,7+,8+,9?,10?,11?,12?,13?,14?,15?/m1/s1. The van der Waals surface area contributed by atoms with Gasteiger partial charge in [-0.05, 0) is 6.92 Å². The molecule has 2 saturated heterocycles. The highest BCUT2D eigenvalue weighted by atomic mass is 16.7. The second-order valence-corrected chi connectivity index (χ2v) is 6.68. The van der Waals surface area contributed by atoms with E-state index in [1.54, 1.807) is 0 Å². The van der Waals surface area contributed by atoms with Crippen molar-refractivity contribution < 1.29 is 54.7 Å². The van der Waals surface area contributed by atoms with Gasteiger partial charge in [-0.15, -0.1) is 0 Å². The molecular weight excluding hydrogens is 370 g/mol. The summed E-state index contributed by atoms with van der Waals surface area (Å²) in [6, 6.07) is 0. The topological polar surface area (TPSA) is 205 Å². The summed E-state index contributed by atoms with van der Waals surface area (Å²) in [7, 11) is 0. The molecule has 2 heterocycles. The zero-order valence-electron chi connectivity index (χ0n) is 14.8. The van der Waals surface area contributed by atoms with Crippen LogP contribution >= 0.6 is 0 Å². The van der Waals surface area contributed by atoms with Crippen LogP contribution in [0, 0.1) is 0 Å². The number of ether oxygens (including phenoxy) is 4. The average Bonchev–Trinajstić information content (AvgIpc) is 2.65. The monoisotopic (exact) mass is 399 g/mol. The molecule has 0 radical (unpaired) electrons. The van der Waals surface area contributed by atoms with Gasteiger partial charge in [0.1, 0.15) is 49.3 Å². The maximum absolute atomic E-state index is 10.1. The first kappa shape index (κ1) is 22.8. The fraction of sp³-hybridized carbons (Fsp3) is 1.00. The lowest BCUT2D eigenvalue weighted by Crippen LogP contribution is -2.62. The van der Waals surface area contributed by atoms with Crippen LogP contribution in [0.1, 0.15) is 6.92 Å². The number of nitrogens with two attached hydrogens (primary N) is 1. The van der Waals surface area contributed by atoms with E-state index in [4.69, 9.17) is 24.7 Å². The lowest BCUT2D eigenvalue weighted by molar-refractivity contribution is -0.318. The van der Waals surface area contributed by atoms with Crippen LogP contribution in [0.4, 0.5) is 0 Å². The molecule has 11 atom stereocenters. The molecule has 9 N–H and O–H groups in total. The molecule has 12 nitrogen and oxygen atoms in total. The van der Waals surface area contributed by atoms with Gasteiger partial charge in [-0.25, -0.2) is 0 Å². The lowest BCUT2D eigenvalue weighted by atomic mass is 9.95. The highest BCUT2D eigenvalue weighted by molar-refractivity contribution is 4.93.